The van der Waals surface area contributed by atoms with E-state index in [4.69, 9.17) is 0 Å². The van der Waals surface area contributed by atoms with Gasteiger partial charge in [-0.1, -0.05) is 11.6 Å². The van der Waals surface area contributed by atoms with E-state index >= 15 is 0 Å². The molecule has 0 atom stereocenters. The second-order valence-corrected chi connectivity index (χ2v) is 9.29. The van der Waals surface area contributed by atoms with E-state index in [0.29, 0.717) is 12.5 Å². The van der Waals surface area contributed by atoms with Crippen LogP contribution in [-0.4, -0.2) is 35.2 Å². The second kappa shape index (κ2) is 7.73. The van der Waals surface area contributed by atoms with Gasteiger partial charge in [0.05, 0.1) is 11.2 Å². The van der Waals surface area contributed by atoms with Crippen LogP contribution >= 0.6 is 0 Å². The van der Waals surface area contributed by atoms with E-state index in [1.165, 1.54) is 11.6 Å². The molecule has 2 N–H and O–H groups in total. The third kappa shape index (κ3) is 4.31. The van der Waals surface area contributed by atoms with Gasteiger partial charge in [0.1, 0.15) is 5.82 Å². The predicted molar refractivity (Wildman–Crippen MR) is 116 cm³/mol. The Balaban J connectivity index is 1.59. The van der Waals surface area contributed by atoms with E-state index < -0.39 is 16.1 Å². The highest BCUT2D eigenvalue weighted by Crippen LogP contribution is 2.28. The van der Waals surface area contributed by atoms with Gasteiger partial charge in [0, 0.05) is 36.8 Å². The number of carbonyl (C=O) groups excluding carboxylic acids is 1. The maximum atomic E-state index is 12.2. The summed E-state index contributed by atoms with van der Waals surface area (Å²) in [5.74, 6) is 0.471. The number of nitrogens with zero attached hydrogens (tertiary/aromatic N) is 3. The minimum absolute atomic E-state index is 0.359. The molecule has 1 aliphatic carbocycles. The van der Waals surface area contributed by atoms with Crippen LogP contribution in [0.25, 0.3) is 22.8 Å². The normalized spacial score (nSPS) is 14.6. The number of hydrogen-bond acceptors (Lipinski definition) is 4. The van der Waals surface area contributed by atoms with Gasteiger partial charge in [0.25, 0.3) is 5.91 Å². The zero-order valence-electron chi connectivity index (χ0n) is 17.2. The SMILES string of the molecule is Cc1ccc2c(ccn2-c2c(/C=C/C(=O)NS(=O)(=O)NCC3CC3)c(C)nn2C)c1. The van der Waals surface area contributed by atoms with Crippen LogP contribution in [0.3, 0.4) is 0 Å². The number of aromatic nitrogens is 3. The van der Waals surface area contributed by atoms with Crippen LogP contribution in [0.1, 0.15) is 29.7 Å². The maximum Gasteiger partial charge on any atom is 0.301 e. The van der Waals surface area contributed by atoms with E-state index in [2.05, 4.69) is 15.9 Å². The summed E-state index contributed by atoms with van der Waals surface area (Å²) >= 11 is 0. The fourth-order valence-corrected chi connectivity index (χ4v) is 4.36. The van der Waals surface area contributed by atoms with Crippen LogP contribution in [0.4, 0.5) is 0 Å². The van der Waals surface area contributed by atoms with Crippen LogP contribution < -0.4 is 9.44 Å². The summed E-state index contributed by atoms with van der Waals surface area (Å²) < 4.78 is 32.2. The van der Waals surface area contributed by atoms with Gasteiger partial charge in [-0.05, 0) is 56.9 Å². The summed E-state index contributed by atoms with van der Waals surface area (Å²) in [5, 5.41) is 5.59. The third-order valence-electron chi connectivity index (χ3n) is 5.21. The number of aryl methyl sites for hydroxylation is 3. The molecule has 3 aromatic rings. The molecule has 2 heterocycles. The number of rotatable bonds is 7. The number of carbonyl (C=O) groups is 1. The highest BCUT2D eigenvalue weighted by molar-refractivity contribution is 7.88. The quantitative estimate of drug-likeness (QED) is 0.566. The van der Waals surface area contributed by atoms with Crippen molar-refractivity contribution in [2.45, 2.75) is 26.7 Å². The molecule has 9 heteroatoms. The summed E-state index contributed by atoms with van der Waals surface area (Å²) in [6.45, 7) is 4.26. The Labute approximate surface area is 175 Å². The first-order valence-corrected chi connectivity index (χ1v) is 11.3. The van der Waals surface area contributed by atoms with Crippen molar-refractivity contribution >= 4 is 33.1 Å². The van der Waals surface area contributed by atoms with E-state index in [1.807, 2.05) is 54.6 Å². The molecule has 1 aliphatic rings. The lowest BCUT2D eigenvalue weighted by molar-refractivity contribution is -0.114. The van der Waals surface area contributed by atoms with Crippen LogP contribution in [0.2, 0.25) is 0 Å². The van der Waals surface area contributed by atoms with E-state index in [9.17, 15) is 13.2 Å². The van der Waals surface area contributed by atoms with Crippen molar-refractivity contribution in [1.29, 1.82) is 0 Å². The lowest BCUT2D eigenvalue weighted by Crippen LogP contribution is -2.40. The topological polar surface area (TPSA) is 98.0 Å². The van der Waals surface area contributed by atoms with E-state index in [1.54, 1.807) is 10.8 Å². The number of benzene rings is 1. The minimum Gasteiger partial charge on any atom is -0.301 e. The van der Waals surface area contributed by atoms with E-state index in [-0.39, 0.29) is 0 Å². The molecule has 1 amide bonds. The molecule has 0 aliphatic heterocycles. The highest BCUT2D eigenvalue weighted by Gasteiger charge is 2.24. The largest absolute Gasteiger partial charge is 0.301 e. The molecular weight excluding hydrogens is 402 g/mol. The van der Waals surface area contributed by atoms with Crippen molar-refractivity contribution in [1.82, 2.24) is 23.8 Å². The van der Waals surface area contributed by atoms with Gasteiger partial charge in [-0.15, -0.1) is 0 Å². The predicted octanol–water partition coefficient (Wildman–Crippen LogP) is 2.35. The molecule has 0 radical (unpaired) electrons. The van der Waals surface area contributed by atoms with Crippen molar-refractivity contribution in [2.24, 2.45) is 13.0 Å². The second-order valence-electron chi connectivity index (χ2n) is 7.79. The lowest BCUT2D eigenvalue weighted by atomic mass is 10.2. The van der Waals surface area contributed by atoms with Crippen LogP contribution in [0.5, 0.6) is 0 Å². The third-order valence-corrected chi connectivity index (χ3v) is 6.22. The lowest BCUT2D eigenvalue weighted by Gasteiger charge is -2.08. The molecule has 0 unspecified atom stereocenters. The molecule has 2 aromatic heterocycles. The van der Waals surface area contributed by atoms with Gasteiger partial charge in [0.15, 0.2) is 0 Å². The Bertz CT molecular complexity index is 1250. The maximum absolute atomic E-state index is 12.2. The van der Waals surface area contributed by atoms with Crippen molar-refractivity contribution < 1.29 is 13.2 Å². The first-order chi connectivity index (χ1) is 14.2. The Morgan fingerprint density at radius 2 is 2.03 bits per heavy atom. The zero-order valence-corrected chi connectivity index (χ0v) is 18.0. The Morgan fingerprint density at radius 3 is 2.77 bits per heavy atom. The zero-order chi connectivity index (χ0) is 21.5. The van der Waals surface area contributed by atoms with Gasteiger partial charge in [-0.25, -0.2) is 4.72 Å². The number of fused-ring (bicyclic) bond motifs is 1. The molecule has 0 spiro atoms. The molecule has 1 aromatic carbocycles. The first kappa shape index (κ1) is 20.4. The molecule has 1 saturated carbocycles. The van der Waals surface area contributed by atoms with Crippen molar-refractivity contribution in [3.05, 3.63) is 53.4 Å². The molecule has 30 heavy (non-hydrogen) atoms. The Kier molecular flexibility index (Phi) is 5.25. The Morgan fingerprint density at radius 1 is 1.27 bits per heavy atom. The fourth-order valence-electron chi connectivity index (χ4n) is 3.50. The molecule has 158 valence electrons. The smallest absolute Gasteiger partial charge is 0.301 e. The summed E-state index contributed by atoms with van der Waals surface area (Å²) in [6, 6.07) is 8.23. The summed E-state index contributed by atoms with van der Waals surface area (Å²) in [7, 11) is -2.02. The monoisotopic (exact) mass is 427 g/mol. The molecule has 0 saturated heterocycles. The van der Waals surface area contributed by atoms with Gasteiger partial charge in [0.2, 0.25) is 0 Å². The highest BCUT2D eigenvalue weighted by atomic mass is 32.2. The number of hydrogen-bond donors (Lipinski definition) is 2. The van der Waals surface area contributed by atoms with Crippen molar-refractivity contribution in [3.8, 4) is 5.82 Å². The molecular formula is C21H25N5O3S. The molecule has 8 nitrogen and oxygen atoms in total. The minimum atomic E-state index is -3.86. The average molecular weight is 428 g/mol. The number of nitrogens with one attached hydrogen (secondary N) is 2. The van der Waals surface area contributed by atoms with Crippen molar-refractivity contribution in [3.63, 3.8) is 0 Å². The standard InChI is InChI=1S/C21H25N5O3S/c1-14-4-8-19-17(12-14)10-11-26(19)21-18(15(2)23-25(21)3)7-9-20(27)24-30(28,29)22-13-16-5-6-16/h4,7-12,16,22H,5-6,13H2,1-3H3,(H,24,27)/b9-7+. The van der Waals surface area contributed by atoms with Gasteiger partial charge in [-0.3, -0.25) is 9.48 Å². The number of amides is 1. The molecule has 4 rings (SSSR count). The Hall–Kier alpha value is -2.91. The van der Waals surface area contributed by atoms with Crippen molar-refractivity contribution in [2.75, 3.05) is 6.54 Å². The summed E-state index contributed by atoms with van der Waals surface area (Å²) in [4.78, 5) is 12.2. The average Bonchev–Trinajstić information content (AvgIpc) is 3.35. The van der Waals surface area contributed by atoms with E-state index in [0.717, 1.165) is 40.8 Å². The van der Waals surface area contributed by atoms with Gasteiger partial charge >= 0.3 is 10.2 Å². The van der Waals surface area contributed by atoms with Gasteiger partial charge in [-0.2, -0.15) is 18.2 Å². The van der Waals surface area contributed by atoms with Crippen LogP contribution in [-0.2, 0) is 22.1 Å². The van der Waals surface area contributed by atoms with Crippen LogP contribution in [0, 0.1) is 19.8 Å². The fraction of sp³-hybridized carbons (Fsp3) is 0.333. The molecule has 1 fully saturated rings. The van der Waals surface area contributed by atoms with Gasteiger partial charge < -0.3 is 4.57 Å². The van der Waals surface area contributed by atoms with Crippen LogP contribution in [0.15, 0.2) is 36.5 Å². The summed E-state index contributed by atoms with van der Waals surface area (Å²) in [6.07, 6.45) is 6.83. The molecule has 0 bridgehead atoms. The summed E-state index contributed by atoms with van der Waals surface area (Å²) in [5.41, 5.74) is 3.68. The first-order valence-electron chi connectivity index (χ1n) is 9.84.